The van der Waals surface area contributed by atoms with Crippen molar-refractivity contribution in [1.29, 1.82) is 0 Å². The molecular formula is C13H16N4O2S. The minimum Gasteiger partial charge on any atom is -0.445 e. The topological polar surface area (TPSA) is 63.2 Å². The first-order chi connectivity index (χ1) is 9.58. The zero-order valence-corrected chi connectivity index (χ0v) is 12.2. The molecule has 106 valence electrons. The lowest BCUT2D eigenvalue weighted by atomic mass is 10.2. The molecule has 1 amide bonds. The van der Waals surface area contributed by atoms with Gasteiger partial charge in [-0.25, -0.2) is 4.79 Å². The van der Waals surface area contributed by atoms with Crippen LogP contribution in [-0.2, 0) is 24.9 Å². The summed E-state index contributed by atoms with van der Waals surface area (Å²) in [5.41, 5.74) is 0.951. The molecule has 1 aromatic heterocycles. The third-order valence-corrected chi connectivity index (χ3v) is 3.23. The van der Waals surface area contributed by atoms with Crippen molar-refractivity contribution in [2.45, 2.75) is 13.2 Å². The zero-order valence-electron chi connectivity index (χ0n) is 11.4. The van der Waals surface area contributed by atoms with Crippen molar-refractivity contribution in [2.24, 2.45) is 7.05 Å². The molecule has 0 unspecified atom stereocenters. The first-order valence-corrected chi connectivity index (χ1v) is 6.51. The molecular weight excluding hydrogens is 276 g/mol. The number of rotatable bonds is 4. The summed E-state index contributed by atoms with van der Waals surface area (Å²) in [5.74, 6) is 0.675. The van der Waals surface area contributed by atoms with Gasteiger partial charge in [0.1, 0.15) is 6.61 Å². The number of aromatic nitrogens is 3. The smallest absolute Gasteiger partial charge is 0.410 e. The summed E-state index contributed by atoms with van der Waals surface area (Å²) in [6, 6.07) is 9.54. The number of carbonyl (C=O) groups excluding carboxylic acids is 1. The second-order valence-electron chi connectivity index (χ2n) is 4.40. The number of hydrogen-bond acceptors (Lipinski definition) is 4. The van der Waals surface area contributed by atoms with Gasteiger partial charge in [-0.1, -0.05) is 30.3 Å². The monoisotopic (exact) mass is 292 g/mol. The van der Waals surface area contributed by atoms with Gasteiger partial charge in [0.15, 0.2) is 10.6 Å². The first-order valence-electron chi connectivity index (χ1n) is 6.10. The summed E-state index contributed by atoms with van der Waals surface area (Å²) in [5, 5.41) is 6.73. The molecule has 2 rings (SSSR count). The van der Waals surface area contributed by atoms with Gasteiger partial charge in [0.25, 0.3) is 0 Å². The van der Waals surface area contributed by atoms with Gasteiger partial charge in [-0.3, -0.25) is 5.10 Å². The van der Waals surface area contributed by atoms with E-state index < -0.39 is 6.09 Å². The number of nitrogens with one attached hydrogen (secondary N) is 1. The van der Waals surface area contributed by atoms with Crippen molar-refractivity contribution < 1.29 is 9.53 Å². The van der Waals surface area contributed by atoms with E-state index in [2.05, 4.69) is 10.2 Å². The van der Waals surface area contributed by atoms with Crippen LogP contribution in [0, 0.1) is 4.77 Å². The van der Waals surface area contributed by atoms with Crippen LogP contribution in [0.3, 0.4) is 0 Å². The van der Waals surface area contributed by atoms with E-state index in [9.17, 15) is 4.79 Å². The van der Waals surface area contributed by atoms with E-state index in [1.165, 1.54) is 4.90 Å². The van der Waals surface area contributed by atoms with Crippen LogP contribution in [-0.4, -0.2) is 32.8 Å². The van der Waals surface area contributed by atoms with Crippen LogP contribution in [0.15, 0.2) is 30.3 Å². The number of hydrogen-bond donors (Lipinski definition) is 1. The first kappa shape index (κ1) is 14.3. The molecule has 1 heterocycles. The molecule has 0 saturated carbocycles. The Bertz CT molecular complexity index is 635. The molecule has 2 aromatic rings. The maximum absolute atomic E-state index is 11.9. The van der Waals surface area contributed by atoms with Crippen LogP contribution in [0.4, 0.5) is 4.79 Å². The summed E-state index contributed by atoms with van der Waals surface area (Å²) in [6.07, 6.45) is -0.400. The summed E-state index contributed by atoms with van der Waals surface area (Å²) in [4.78, 5) is 13.3. The van der Waals surface area contributed by atoms with Crippen LogP contribution in [0.25, 0.3) is 0 Å². The van der Waals surface area contributed by atoms with E-state index in [0.717, 1.165) is 5.56 Å². The molecule has 0 aliphatic heterocycles. The van der Waals surface area contributed by atoms with E-state index in [1.807, 2.05) is 30.3 Å². The van der Waals surface area contributed by atoms with Crippen LogP contribution >= 0.6 is 12.2 Å². The number of benzene rings is 1. The predicted octanol–water partition coefficient (Wildman–Crippen LogP) is 2.25. The highest BCUT2D eigenvalue weighted by Crippen LogP contribution is 2.05. The van der Waals surface area contributed by atoms with E-state index in [1.54, 1.807) is 18.7 Å². The molecule has 0 bridgehead atoms. The summed E-state index contributed by atoms with van der Waals surface area (Å²) < 4.78 is 7.46. The fourth-order valence-electron chi connectivity index (χ4n) is 1.63. The van der Waals surface area contributed by atoms with Gasteiger partial charge in [-0.05, 0) is 17.8 Å². The van der Waals surface area contributed by atoms with Gasteiger partial charge in [-0.2, -0.15) is 5.10 Å². The number of H-pyrrole nitrogens is 1. The minimum atomic E-state index is -0.400. The highest BCUT2D eigenvalue weighted by molar-refractivity contribution is 7.71. The molecule has 0 aliphatic carbocycles. The lowest BCUT2D eigenvalue weighted by Crippen LogP contribution is -2.28. The molecule has 0 atom stereocenters. The SMILES string of the molecule is CN(Cc1n[nH]c(=S)n1C)C(=O)OCc1ccccc1. The Balaban J connectivity index is 1.89. The Hall–Kier alpha value is -2.15. The standard InChI is InChI=1S/C13H16N4O2S/c1-16(8-11-14-15-12(20)17(11)2)13(18)19-9-10-6-4-3-5-7-10/h3-7H,8-9H2,1-2H3,(H,15,20). The van der Waals surface area contributed by atoms with Crippen molar-refractivity contribution in [1.82, 2.24) is 19.7 Å². The minimum absolute atomic E-state index is 0.253. The number of carbonyl (C=O) groups is 1. The Morgan fingerprint density at radius 3 is 2.75 bits per heavy atom. The second-order valence-corrected chi connectivity index (χ2v) is 4.79. The van der Waals surface area contributed by atoms with Crippen molar-refractivity contribution >= 4 is 18.3 Å². The molecule has 7 heteroatoms. The van der Waals surface area contributed by atoms with Gasteiger partial charge in [0.05, 0.1) is 6.54 Å². The van der Waals surface area contributed by atoms with E-state index in [4.69, 9.17) is 17.0 Å². The van der Waals surface area contributed by atoms with Crippen LogP contribution < -0.4 is 0 Å². The zero-order chi connectivity index (χ0) is 14.5. The molecule has 0 radical (unpaired) electrons. The third kappa shape index (κ3) is 3.45. The Kier molecular flexibility index (Phi) is 4.52. The van der Waals surface area contributed by atoms with Crippen molar-refractivity contribution in [2.75, 3.05) is 7.05 Å². The molecule has 0 saturated heterocycles. The average molecular weight is 292 g/mol. The van der Waals surface area contributed by atoms with Gasteiger partial charge < -0.3 is 14.2 Å². The number of ether oxygens (including phenoxy) is 1. The molecule has 0 aliphatic rings. The third-order valence-electron chi connectivity index (χ3n) is 2.87. The second kappa shape index (κ2) is 6.33. The molecule has 0 spiro atoms. The van der Waals surface area contributed by atoms with Crippen LogP contribution in [0.5, 0.6) is 0 Å². The molecule has 20 heavy (non-hydrogen) atoms. The largest absolute Gasteiger partial charge is 0.445 e. The molecule has 6 nitrogen and oxygen atoms in total. The van der Waals surface area contributed by atoms with Crippen molar-refractivity contribution in [3.8, 4) is 0 Å². The fourth-order valence-corrected chi connectivity index (χ4v) is 1.78. The van der Waals surface area contributed by atoms with Gasteiger partial charge in [0, 0.05) is 14.1 Å². The lowest BCUT2D eigenvalue weighted by Gasteiger charge is -2.16. The lowest BCUT2D eigenvalue weighted by molar-refractivity contribution is 0.102. The highest BCUT2D eigenvalue weighted by Gasteiger charge is 2.13. The van der Waals surface area contributed by atoms with E-state index in [-0.39, 0.29) is 6.61 Å². The van der Waals surface area contributed by atoms with Crippen LogP contribution in [0.2, 0.25) is 0 Å². The van der Waals surface area contributed by atoms with E-state index in [0.29, 0.717) is 17.1 Å². The van der Waals surface area contributed by atoms with E-state index >= 15 is 0 Å². The predicted molar refractivity (Wildman–Crippen MR) is 76.5 cm³/mol. The molecule has 0 fully saturated rings. The van der Waals surface area contributed by atoms with Gasteiger partial charge in [0.2, 0.25) is 0 Å². The van der Waals surface area contributed by atoms with Crippen molar-refractivity contribution in [3.05, 3.63) is 46.5 Å². The Morgan fingerprint density at radius 1 is 1.45 bits per heavy atom. The van der Waals surface area contributed by atoms with Crippen LogP contribution in [0.1, 0.15) is 11.4 Å². The maximum atomic E-state index is 11.9. The van der Waals surface area contributed by atoms with Crippen molar-refractivity contribution in [3.63, 3.8) is 0 Å². The number of nitrogens with zero attached hydrogens (tertiary/aromatic N) is 3. The fraction of sp³-hybridized carbons (Fsp3) is 0.308. The quantitative estimate of drug-likeness (QED) is 0.878. The van der Waals surface area contributed by atoms with Gasteiger partial charge in [-0.15, -0.1) is 0 Å². The molecule has 1 aromatic carbocycles. The summed E-state index contributed by atoms with van der Waals surface area (Å²) >= 11 is 5.02. The normalized spacial score (nSPS) is 10.3. The number of aromatic amines is 1. The van der Waals surface area contributed by atoms with Gasteiger partial charge >= 0.3 is 6.09 Å². The number of amides is 1. The average Bonchev–Trinajstić information content (AvgIpc) is 2.78. The summed E-state index contributed by atoms with van der Waals surface area (Å²) in [6.45, 7) is 0.584. The Labute approximate surface area is 122 Å². The Morgan fingerprint density at radius 2 is 2.15 bits per heavy atom. The highest BCUT2D eigenvalue weighted by atomic mass is 32.1. The maximum Gasteiger partial charge on any atom is 0.410 e. The molecule has 1 N–H and O–H groups in total. The summed E-state index contributed by atoms with van der Waals surface area (Å²) in [7, 11) is 3.45.